The molecule has 0 N–H and O–H groups in total. The van der Waals surface area contributed by atoms with Crippen LogP contribution in [0.2, 0.25) is 6.32 Å². The monoisotopic (exact) mass is 202 g/mol. The summed E-state index contributed by atoms with van der Waals surface area (Å²) in [6.45, 7) is 2.72. The normalized spacial score (nSPS) is 21.6. The Balaban J connectivity index is 1.91. The van der Waals surface area contributed by atoms with Crippen molar-refractivity contribution in [1.82, 2.24) is 0 Å². The van der Waals surface area contributed by atoms with Crippen molar-refractivity contribution >= 4 is 24.5 Å². The van der Waals surface area contributed by atoms with Crippen LogP contribution in [0.5, 0.6) is 0 Å². The summed E-state index contributed by atoms with van der Waals surface area (Å²) < 4.78 is 10.3. The maximum Gasteiger partial charge on any atom is 0.367 e. The molecule has 3 nitrogen and oxygen atoms in total. The van der Waals surface area contributed by atoms with Crippen molar-refractivity contribution in [3.8, 4) is 0 Å². The van der Waals surface area contributed by atoms with Gasteiger partial charge < -0.3 is 9.39 Å². The van der Waals surface area contributed by atoms with Gasteiger partial charge in [0.25, 0.3) is 7.48 Å². The largest absolute Gasteiger partial charge is 0.451 e. The third-order valence-electron chi connectivity index (χ3n) is 1.85. The summed E-state index contributed by atoms with van der Waals surface area (Å²) in [5, 5.41) is -0.165. The number of thioether (sulfide) groups is 1. The molecule has 0 aromatic rings. The van der Waals surface area contributed by atoms with Crippen molar-refractivity contribution in [3.63, 3.8) is 0 Å². The molecule has 0 aliphatic carbocycles. The highest BCUT2D eigenvalue weighted by molar-refractivity contribution is 8.13. The standard InChI is InChI=1S/C8H15BO3S/c1-2-3-4-9-11-5-7-6-13-8(10)12-7/h7,9H,2-6H2,1H3. The van der Waals surface area contributed by atoms with E-state index in [0.29, 0.717) is 6.61 Å². The van der Waals surface area contributed by atoms with Crippen LogP contribution < -0.4 is 0 Å². The van der Waals surface area contributed by atoms with Crippen molar-refractivity contribution in [2.45, 2.75) is 32.2 Å². The number of unbranched alkanes of at least 4 members (excludes halogenated alkanes) is 1. The van der Waals surface area contributed by atoms with E-state index in [1.807, 2.05) is 0 Å². The molecule has 1 fully saturated rings. The van der Waals surface area contributed by atoms with Gasteiger partial charge in [0.2, 0.25) is 0 Å². The Morgan fingerprint density at radius 2 is 2.62 bits per heavy atom. The van der Waals surface area contributed by atoms with E-state index in [9.17, 15) is 4.79 Å². The van der Waals surface area contributed by atoms with Crippen molar-refractivity contribution in [2.24, 2.45) is 0 Å². The van der Waals surface area contributed by atoms with Gasteiger partial charge in [-0.05, 0) is 11.8 Å². The number of hydrogen-bond donors (Lipinski definition) is 0. The summed E-state index contributed by atoms with van der Waals surface area (Å²) in [4.78, 5) is 10.7. The zero-order valence-electron chi connectivity index (χ0n) is 7.95. The van der Waals surface area contributed by atoms with Gasteiger partial charge in [-0.25, -0.2) is 4.79 Å². The van der Waals surface area contributed by atoms with E-state index in [1.165, 1.54) is 24.6 Å². The average Bonchev–Trinajstić information content (AvgIpc) is 2.51. The van der Waals surface area contributed by atoms with E-state index in [4.69, 9.17) is 9.39 Å². The van der Waals surface area contributed by atoms with Gasteiger partial charge in [0.15, 0.2) is 0 Å². The number of carbonyl (C=O) groups is 1. The molecule has 5 heteroatoms. The SMILES string of the molecule is CCCCBOCC1CSC(=O)O1. The summed E-state index contributed by atoms with van der Waals surface area (Å²) in [5.41, 5.74) is 0. The maximum absolute atomic E-state index is 10.7. The third kappa shape index (κ3) is 4.57. The lowest BCUT2D eigenvalue weighted by atomic mass is 9.92. The molecular weight excluding hydrogens is 187 g/mol. The van der Waals surface area contributed by atoms with Crippen LogP contribution in [-0.4, -0.2) is 31.2 Å². The van der Waals surface area contributed by atoms with Crippen LogP contribution in [0.3, 0.4) is 0 Å². The van der Waals surface area contributed by atoms with Crippen molar-refractivity contribution < 1.29 is 14.2 Å². The van der Waals surface area contributed by atoms with E-state index in [2.05, 4.69) is 6.92 Å². The predicted molar refractivity (Wildman–Crippen MR) is 55.5 cm³/mol. The van der Waals surface area contributed by atoms with Crippen LogP contribution >= 0.6 is 11.8 Å². The Kier molecular flexibility index (Phi) is 5.31. The molecule has 0 spiro atoms. The van der Waals surface area contributed by atoms with Gasteiger partial charge in [0.05, 0.1) is 6.61 Å². The van der Waals surface area contributed by atoms with Gasteiger partial charge >= 0.3 is 5.30 Å². The van der Waals surface area contributed by atoms with Crippen LogP contribution in [-0.2, 0) is 9.39 Å². The van der Waals surface area contributed by atoms with E-state index < -0.39 is 0 Å². The molecule has 1 rings (SSSR count). The van der Waals surface area contributed by atoms with E-state index in [0.717, 1.165) is 19.6 Å². The van der Waals surface area contributed by atoms with Gasteiger partial charge in [-0.3, -0.25) is 0 Å². The molecule has 1 atom stereocenters. The smallest absolute Gasteiger partial charge is 0.367 e. The molecule has 1 aliphatic rings. The molecule has 0 saturated carbocycles. The Bertz CT molecular complexity index is 165. The Morgan fingerprint density at radius 3 is 3.23 bits per heavy atom. The molecule has 0 aromatic carbocycles. The van der Waals surface area contributed by atoms with E-state index in [1.54, 1.807) is 0 Å². The minimum atomic E-state index is -0.165. The maximum atomic E-state index is 10.7. The minimum Gasteiger partial charge on any atom is -0.451 e. The lowest BCUT2D eigenvalue weighted by molar-refractivity contribution is 0.107. The molecule has 74 valence electrons. The summed E-state index contributed by atoms with van der Waals surface area (Å²) in [6.07, 6.45) is 3.50. The predicted octanol–water partition coefficient (Wildman–Crippen LogP) is 1.82. The number of cyclic esters (lactones) is 1. The summed E-state index contributed by atoms with van der Waals surface area (Å²) in [7, 11) is 0.784. The molecule has 1 aliphatic heterocycles. The van der Waals surface area contributed by atoms with Crippen molar-refractivity contribution in [2.75, 3.05) is 12.4 Å². The fourth-order valence-corrected chi connectivity index (χ4v) is 1.81. The minimum absolute atomic E-state index is 0.0147. The van der Waals surface area contributed by atoms with Crippen molar-refractivity contribution in [1.29, 1.82) is 0 Å². The number of rotatable bonds is 6. The quantitative estimate of drug-likeness (QED) is 0.374. The first kappa shape index (κ1) is 10.9. The summed E-state index contributed by atoms with van der Waals surface area (Å²) in [6, 6.07) is 0. The van der Waals surface area contributed by atoms with Crippen molar-refractivity contribution in [3.05, 3.63) is 0 Å². The summed E-state index contributed by atoms with van der Waals surface area (Å²) in [5.74, 6) is 0.743. The van der Waals surface area contributed by atoms with Gasteiger partial charge in [-0.2, -0.15) is 0 Å². The zero-order valence-corrected chi connectivity index (χ0v) is 8.77. The topological polar surface area (TPSA) is 35.5 Å². The van der Waals surface area contributed by atoms with E-state index in [-0.39, 0.29) is 11.4 Å². The average molecular weight is 202 g/mol. The molecular formula is C8H15BO3S. The van der Waals surface area contributed by atoms with Crippen LogP contribution in [0.15, 0.2) is 0 Å². The first-order valence-corrected chi connectivity index (χ1v) is 5.72. The van der Waals surface area contributed by atoms with Gasteiger partial charge in [0.1, 0.15) is 6.10 Å². The second kappa shape index (κ2) is 6.32. The lowest BCUT2D eigenvalue weighted by Gasteiger charge is -2.07. The second-order valence-electron chi connectivity index (χ2n) is 3.08. The van der Waals surface area contributed by atoms with Gasteiger partial charge in [-0.1, -0.05) is 26.1 Å². The Labute approximate surface area is 83.8 Å². The van der Waals surface area contributed by atoms with Gasteiger partial charge in [-0.15, -0.1) is 0 Å². The van der Waals surface area contributed by atoms with Crippen LogP contribution in [0.4, 0.5) is 4.79 Å². The highest BCUT2D eigenvalue weighted by atomic mass is 32.2. The first-order chi connectivity index (χ1) is 6.33. The number of hydrogen-bond acceptors (Lipinski definition) is 4. The van der Waals surface area contributed by atoms with Crippen LogP contribution in [0, 0.1) is 0 Å². The number of carbonyl (C=O) groups excluding carboxylic acids is 1. The van der Waals surface area contributed by atoms with Gasteiger partial charge in [0, 0.05) is 5.75 Å². The zero-order chi connectivity index (χ0) is 9.52. The Morgan fingerprint density at radius 1 is 1.77 bits per heavy atom. The molecule has 13 heavy (non-hydrogen) atoms. The fraction of sp³-hybridized carbons (Fsp3) is 0.875. The number of ether oxygens (including phenoxy) is 1. The molecule has 1 saturated heterocycles. The highest BCUT2D eigenvalue weighted by Gasteiger charge is 2.23. The van der Waals surface area contributed by atoms with Crippen LogP contribution in [0.1, 0.15) is 19.8 Å². The lowest BCUT2D eigenvalue weighted by Crippen LogP contribution is -2.18. The molecule has 1 unspecified atom stereocenters. The molecule has 0 bridgehead atoms. The highest BCUT2D eigenvalue weighted by Crippen LogP contribution is 2.19. The van der Waals surface area contributed by atoms with Crippen LogP contribution in [0.25, 0.3) is 0 Å². The molecule has 1 heterocycles. The molecule has 0 aromatic heterocycles. The molecule has 0 radical (unpaired) electrons. The first-order valence-electron chi connectivity index (χ1n) is 4.74. The molecule has 0 amide bonds. The third-order valence-corrected chi connectivity index (χ3v) is 2.72. The van der Waals surface area contributed by atoms with E-state index >= 15 is 0 Å². The Hall–Kier alpha value is -0.155. The fourth-order valence-electron chi connectivity index (χ4n) is 1.12. The summed E-state index contributed by atoms with van der Waals surface area (Å²) >= 11 is 1.23. The second-order valence-corrected chi connectivity index (χ2v) is 4.04.